The standard InChI is InChI=1S/C24H30N2O5/c1-8-9-10-11-12-17-13-15-18(16-14-17)20(27)25-19(21(28)30-7)24(5,6)26-22(29)31-23(2,3)4/h13-16,19H,8H2,1-7H3,(H,25,27)(H,26,29)/t19-/m1/s1. The average molecular weight is 427 g/mol. The number of hydrogen-bond acceptors (Lipinski definition) is 5. The molecule has 1 atom stereocenters. The number of carbonyl (C=O) groups is 3. The van der Waals surface area contributed by atoms with E-state index in [1.165, 1.54) is 7.11 Å². The van der Waals surface area contributed by atoms with Crippen molar-refractivity contribution in [1.82, 2.24) is 10.6 Å². The Morgan fingerprint density at radius 2 is 1.65 bits per heavy atom. The molecule has 1 rings (SSSR count). The topological polar surface area (TPSA) is 93.7 Å². The molecule has 0 heterocycles. The van der Waals surface area contributed by atoms with E-state index < -0.39 is 35.2 Å². The molecule has 0 fully saturated rings. The van der Waals surface area contributed by atoms with Crippen molar-refractivity contribution in [1.29, 1.82) is 0 Å². The highest BCUT2D eigenvalue weighted by Gasteiger charge is 2.39. The smallest absolute Gasteiger partial charge is 0.408 e. The number of methoxy groups -OCH3 is 1. The van der Waals surface area contributed by atoms with E-state index in [1.807, 2.05) is 6.92 Å². The molecule has 0 aliphatic rings. The molecule has 2 amide bonds. The van der Waals surface area contributed by atoms with E-state index in [4.69, 9.17) is 9.47 Å². The van der Waals surface area contributed by atoms with E-state index in [0.717, 1.165) is 6.42 Å². The van der Waals surface area contributed by atoms with Gasteiger partial charge in [0.05, 0.1) is 12.6 Å². The van der Waals surface area contributed by atoms with Gasteiger partial charge in [0, 0.05) is 17.5 Å². The Morgan fingerprint density at radius 3 is 2.16 bits per heavy atom. The summed E-state index contributed by atoms with van der Waals surface area (Å²) in [6.07, 6.45) is 0.0172. The van der Waals surface area contributed by atoms with Crippen LogP contribution in [0.15, 0.2) is 24.3 Å². The maximum Gasteiger partial charge on any atom is 0.408 e. The number of alkyl carbamates (subject to hydrolysis) is 1. The van der Waals surface area contributed by atoms with Gasteiger partial charge >= 0.3 is 12.1 Å². The number of hydrogen-bond donors (Lipinski definition) is 2. The molecular weight excluding hydrogens is 396 g/mol. The lowest BCUT2D eigenvalue weighted by Crippen LogP contribution is -2.62. The largest absolute Gasteiger partial charge is 0.467 e. The Bertz CT molecular complexity index is 919. The second kappa shape index (κ2) is 11.1. The minimum absolute atomic E-state index is 0.326. The first-order valence-corrected chi connectivity index (χ1v) is 9.88. The van der Waals surface area contributed by atoms with Gasteiger partial charge in [-0.25, -0.2) is 9.59 Å². The van der Waals surface area contributed by atoms with E-state index in [9.17, 15) is 14.4 Å². The highest BCUT2D eigenvalue weighted by molar-refractivity contribution is 5.97. The van der Waals surface area contributed by atoms with Crippen molar-refractivity contribution in [2.45, 2.75) is 65.1 Å². The predicted octanol–water partition coefficient (Wildman–Crippen LogP) is 3.03. The molecule has 0 radical (unpaired) electrons. The summed E-state index contributed by atoms with van der Waals surface area (Å²) < 4.78 is 10.1. The van der Waals surface area contributed by atoms with E-state index in [1.54, 1.807) is 58.9 Å². The van der Waals surface area contributed by atoms with Crippen molar-refractivity contribution in [3.8, 4) is 23.7 Å². The predicted molar refractivity (Wildman–Crippen MR) is 118 cm³/mol. The van der Waals surface area contributed by atoms with E-state index >= 15 is 0 Å². The number of nitrogens with one attached hydrogen (secondary N) is 2. The minimum atomic E-state index is -1.19. The molecule has 31 heavy (non-hydrogen) atoms. The summed E-state index contributed by atoms with van der Waals surface area (Å²) in [4.78, 5) is 37.3. The Balaban J connectivity index is 2.98. The van der Waals surface area contributed by atoms with E-state index in [-0.39, 0.29) is 0 Å². The Labute approximate surface area is 184 Å². The fourth-order valence-electron chi connectivity index (χ4n) is 2.45. The Morgan fingerprint density at radius 1 is 1.03 bits per heavy atom. The molecule has 1 aromatic carbocycles. The summed E-state index contributed by atoms with van der Waals surface area (Å²) in [5.74, 6) is 10.0. The van der Waals surface area contributed by atoms with Crippen LogP contribution in [0, 0.1) is 23.7 Å². The molecule has 0 unspecified atom stereocenters. The van der Waals surface area contributed by atoms with Crippen LogP contribution in [0.1, 0.15) is 63.9 Å². The molecule has 0 saturated heterocycles. The zero-order valence-corrected chi connectivity index (χ0v) is 19.1. The van der Waals surface area contributed by atoms with Gasteiger partial charge in [0.2, 0.25) is 0 Å². The van der Waals surface area contributed by atoms with Gasteiger partial charge < -0.3 is 20.1 Å². The molecule has 0 aliphatic carbocycles. The second-order valence-electron chi connectivity index (χ2n) is 8.26. The molecular formula is C24H30N2O5. The molecule has 1 aromatic rings. The van der Waals surface area contributed by atoms with Crippen molar-refractivity contribution in [3.05, 3.63) is 35.4 Å². The third-order valence-corrected chi connectivity index (χ3v) is 3.94. The summed E-state index contributed by atoms with van der Waals surface area (Å²) in [6.45, 7) is 10.3. The van der Waals surface area contributed by atoms with Gasteiger partial charge in [-0.2, -0.15) is 0 Å². The van der Waals surface area contributed by atoms with Crippen molar-refractivity contribution >= 4 is 18.0 Å². The van der Waals surface area contributed by atoms with Crippen molar-refractivity contribution < 1.29 is 23.9 Å². The van der Waals surface area contributed by atoms with Crippen LogP contribution < -0.4 is 10.6 Å². The zero-order chi connectivity index (χ0) is 23.7. The first-order chi connectivity index (χ1) is 14.4. The van der Waals surface area contributed by atoms with Crippen molar-refractivity contribution in [3.63, 3.8) is 0 Å². The molecule has 166 valence electrons. The van der Waals surface area contributed by atoms with E-state index in [0.29, 0.717) is 11.1 Å². The van der Waals surface area contributed by atoms with Crippen LogP contribution in [0.2, 0.25) is 0 Å². The molecule has 7 heteroatoms. The zero-order valence-electron chi connectivity index (χ0n) is 19.1. The molecule has 0 spiro atoms. The molecule has 0 bridgehead atoms. The van der Waals surface area contributed by atoms with Gasteiger partial charge in [0.1, 0.15) is 11.6 Å². The lowest BCUT2D eigenvalue weighted by Gasteiger charge is -2.34. The van der Waals surface area contributed by atoms with Gasteiger partial charge in [-0.1, -0.05) is 18.8 Å². The maximum absolute atomic E-state index is 12.7. The Hall–Kier alpha value is -3.45. The summed E-state index contributed by atoms with van der Waals surface area (Å²) in [7, 11) is 1.21. The van der Waals surface area contributed by atoms with Crippen LogP contribution in [0.25, 0.3) is 0 Å². The fourth-order valence-corrected chi connectivity index (χ4v) is 2.45. The van der Waals surface area contributed by atoms with Crippen molar-refractivity contribution in [2.75, 3.05) is 7.11 Å². The highest BCUT2D eigenvalue weighted by atomic mass is 16.6. The summed E-state index contributed by atoms with van der Waals surface area (Å²) >= 11 is 0. The van der Waals surface area contributed by atoms with Gasteiger partial charge in [-0.05, 0) is 70.7 Å². The number of esters is 1. The lowest BCUT2D eigenvalue weighted by molar-refractivity contribution is -0.144. The highest BCUT2D eigenvalue weighted by Crippen LogP contribution is 2.15. The molecule has 0 aliphatic heterocycles. The monoisotopic (exact) mass is 426 g/mol. The fraction of sp³-hybridized carbons (Fsp3) is 0.458. The minimum Gasteiger partial charge on any atom is -0.467 e. The van der Waals surface area contributed by atoms with Crippen LogP contribution in [0.4, 0.5) is 4.79 Å². The molecule has 0 aromatic heterocycles. The number of ether oxygens (including phenoxy) is 2. The summed E-state index contributed by atoms with van der Waals surface area (Å²) in [5.41, 5.74) is -0.865. The number of benzene rings is 1. The molecule has 7 nitrogen and oxygen atoms in total. The van der Waals surface area contributed by atoms with Crippen LogP contribution in [-0.4, -0.2) is 42.3 Å². The number of carbonyl (C=O) groups excluding carboxylic acids is 3. The second-order valence-corrected chi connectivity index (χ2v) is 8.26. The molecule has 2 N–H and O–H groups in total. The van der Waals surface area contributed by atoms with Gasteiger partial charge in [0.25, 0.3) is 5.91 Å². The lowest BCUT2D eigenvalue weighted by atomic mass is 9.94. The van der Waals surface area contributed by atoms with Crippen LogP contribution in [0.5, 0.6) is 0 Å². The third-order valence-electron chi connectivity index (χ3n) is 3.94. The van der Waals surface area contributed by atoms with Crippen LogP contribution in [0.3, 0.4) is 0 Å². The number of rotatable bonds is 5. The summed E-state index contributed by atoms with van der Waals surface area (Å²) in [5, 5.41) is 5.25. The van der Waals surface area contributed by atoms with Crippen LogP contribution >= 0.6 is 0 Å². The third kappa shape index (κ3) is 8.84. The van der Waals surface area contributed by atoms with Gasteiger partial charge in [0.15, 0.2) is 0 Å². The van der Waals surface area contributed by atoms with E-state index in [2.05, 4.69) is 34.3 Å². The number of amides is 2. The Kier molecular flexibility index (Phi) is 9.15. The van der Waals surface area contributed by atoms with Crippen molar-refractivity contribution in [2.24, 2.45) is 0 Å². The quantitative estimate of drug-likeness (QED) is 0.558. The van der Waals surface area contributed by atoms with Crippen LogP contribution in [-0.2, 0) is 14.3 Å². The summed E-state index contributed by atoms with van der Waals surface area (Å²) in [6, 6.07) is 5.41. The first-order valence-electron chi connectivity index (χ1n) is 9.88. The van der Waals surface area contributed by atoms with Gasteiger partial charge in [-0.15, -0.1) is 0 Å². The molecule has 0 saturated carbocycles. The van der Waals surface area contributed by atoms with Gasteiger partial charge in [-0.3, -0.25) is 4.79 Å². The SMILES string of the molecule is CCC#CC#Cc1ccc(C(=O)N[C@H](C(=O)OC)C(C)(C)NC(=O)OC(C)(C)C)cc1. The maximum atomic E-state index is 12.7. The first kappa shape index (κ1) is 25.6. The average Bonchev–Trinajstić information content (AvgIpc) is 2.67. The normalized spacial score (nSPS) is 11.6.